The van der Waals surface area contributed by atoms with E-state index in [-0.39, 0.29) is 0 Å². The van der Waals surface area contributed by atoms with Gasteiger partial charge in [0.1, 0.15) is 16.5 Å². The van der Waals surface area contributed by atoms with E-state index in [9.17, 15) is 0 Å². The predicted octanol–water partition coefficient (Wildman–Crippen LogP) is 2.92. The quantitative estimate of drug-likeness (QED) is 0.782. The zero-order valence-electron chi connectivity index (χ0n) is 17.9. The molecule has 28 heavy (non-hydrogen) atoms. The van der Waals surface area contributed by atoms with Gasteiger partial charge in [-0.2, -0.15) is 0 Å². The molecule has 0 saturated carbocycles. The minimum atomic E-state index is 0.479. The summed E-state index contributed by atoms with van der Waals surface area (Å²) < 4.78 is 5.50. The molecule has 2 aromatic rings. The lowest BCUT2D eigenvalue weighted by molar-refractivity contribution is 0.0331. The minimum Gasteiger partial charge on any atom is -0.379 e. The average molecular weight is 404 g/mol. The van der Waals surface area contributed by atoms with Gasteiger partial charge in [-0.25, -0.2) is 9.97 Å². The Bertz CT molecular complexity index is 830. The molecule has 2 fully saturated rings. The molecule has 0 radical (unpaired) electrons. The second kappa shape index (κ2) is 8.22. The summed E-state index contributed by atoms with van der Waals surface area (Å²) in [6.07, 6.45) is 0. The SMILES string of the molecule is Cc1sc2nc(CN3CCOCC3)nc(N3CCN(C)CC3C(C)C)c2c1C. The Morgan fingerprint density at radius 2 is 1.86 bits per heavy atom. The Hall–Kier alpha value is -1.28. The van der Waals surface area contributed by atoms with Crippen LogP contribution in [0.25, 0.3) is 10.2 Å². The lowest BCUT2D eigenvalue weighted by atomic mass is 9.99. The highest BCUT2D eigenvalue weighted by molar-refractivity contribution is 7.18. The van der Waals surface area contributed by atoms with Crippen LogP contribution in [0.2, 0.25) is 0 Å². The summed E-state index contributed by atoms with van der Waals surface area (Å²) in [4.78, 5) is 20.1. The van der Waals surface area contributed by atoms with Gasteiger partial charge < -0.3 is 14.5 Å². The molecule has 1 atom stereocenters. The van der Waals surface area contributed by atoms with Crippen LogP contribution in [0.3, 0.4) is 0 Å². The topological polar surface area (TPSA) is 44.7 Å². The first-order chi connectivity index (χ1) is 13.4. The molecule has 4 heterocycles. The van der Waals surface area contributed by atoms with E-state index < -0.39 is 0 Å². The number of aromatic nitrogens is 2. The van der Waals surface area contributed by atoms with E-state index in [1.807, 2.05) is 11.3 Å². The van der Waals surface area contributed by atoms with Gasteiger partial charge in [0.15, 0.2) is 0 Å². The molecular weight excluding hydrogens is 370 g/mol. The van der Waals surface area contributed by atoms with Gasteiger partial charge in [0.2, 0.25) is 0 Å². The highest BCUT2D eigenvalue weighted by Gasteiger charge is 2.31. The molecule has 0 N–H and O–H groups in total. The number of anilines is 1. The van der Waals surface area contributed by atoms with Crippen molar-refractivity contribution in [3.8, 4) is 0 Å². The Morgan fingerprint density at radius 1 is 1.11 bits per heavy atom. The van der Waals surface area contributed by atoms with Crippen LogP contribution in [0, 0.1) is 19.8 Å². The monoisotopic (exact) mass is 403 g/mol. The molecule has 0 spiro atoms. The van der Waals surface area contributed by atoms with Crippen LogP contribution in [0.1, 0.15) is 30.1 Å². The number of nitrogens with zero attached hydrogens (tertiary/aromatic N) is 5. The molecule has 6 nitrogen and oxygen atoms in total. The van der Waals surface area contributed by atoms with E-state index >= 15 is 0 Å². The molecule has 0 amide bonds. The predicted molar refractivity (Wildman–Crippen MR) is 116 cm³/mol. The van der Waals surface area contributed by atoms with Crippen LogP contribution in [-0.2, 0) is 11.3 Å². The number of hydrogen-bond donors (Lipinski definition) is 0. The fraction of sp³-hybridized carbons (Fsp3) is 0.714. The Balaban J connectivity index is 1.76. The number of ether oxygens (including phenoxy) is 1. The van der Waals surface area contributed by atoms with Gasteiger partial charge in [-0.3, -0.25) is 4.90 Å². The summed E-state index contributed by atoms with van der Waals surface area (Å²) in [5.41, 5.74) is 1.34. The van der Waals surface area contributed by atoms with Crippen molar-refractivity contribution in [1.82, 2.24) is 19.8 Å². The number of thiophene rings is 1. The summed E-state index contributed by atoms with van der Waals surface area (Å²) in [7, 11) is 2.23. The van der Waals surface area contributed by atoms with E-state index in [2.05, 4.69) is 49.4 Å². The van der Waals surface area contributed by atoms with Gasteiger partial charge in [-0.1, -0.05) is 13.8 Å². The first-order valence-corrected chi connectivity index (χ1v) is 11.3. The fourth-order valence-corrected chi connectivity index (χ4v) is 5.34. The van der Waals surface area contributed by atoms with E-state index in [1.54, 1.807) is 0 Å². The first kappa shape index (κ1) is 20.0. The molecule has 154 valence electrons. The number of rotatable bonds is 4. The highest BCUT2D eigenvalue weighted by atomic mass is 32.1. The molecule has 0 bridgehead atoms. The number of aryl methyl sites for hydroxylation is 2. The second-order valence-electron chi connectivity index (χ2n) is 8.58. The van der Waals surface area contributed by atoms with Crippen molar-refractivity contribution in [3.05, 3.63) is 16.3 Å². The third-order valence-corrected chi connectivity index (χ3v) is 7.29. The van der Waals surface area contributed by atoms with Gasteiger partial charge in [0.25, 0.3) is 0 Å². The van der Waals surface area contributed by atoms with Crippen molar-refractivity contribution in [3.63, 3.8) is 0 Å². The van der Waals surface area contributed by atoms with E-state index in [4.69, 9.17) is 14.7 Å². The first-order valence-electron chi connectivity index (χ1n) is 10.5. The smallest absolute Gasteiger partial charge is 0.146 e. The third kappa shape index (κ3) is 3.90. The zero-order valence-corrected chi connectivity index (χ0v) is 18.7. The van der Waals surface area contributed by atoms with Gasteiger partial charge >= 0.3 is 0 Å². The maximum Gasteiger partial charge on any atom is 0.146 e. The van der Waals surface area contributed by atoms with Gasteiger partial charge in [0.05, 0.1) is 25.1 Å². The highest BCUT2D eigenvalue weighted by Crippen LogP contribution is 2.37. The Kier molecular flexibility index (Phi) is 5.88. The van der Waals surface area contributed by atoms with E-state index in [1.165, 1.54) is 15.8 Å². The largest absolute Gasteiger partial charge is 0.379 e. The van der Waals surface area contributed by atoms with Gasteiger partial charge in [0, 0.05) is 43.6 Å². The molecule has 2 aliphatic heterocycles. The van der Waals surface area contributed by atoms with Crippen LogP contribution >= 0.6 is 11.3 Å². The van der Waals surface area contributed by atoms with Gasteiger partial charge in [-0.15, -0.1) is 11.3 Å². The van der Waals surface area contributed by atoms with Crippen LogP contribution in [0.4, 0.5) is 5.82 Å². The Morgan fingerprint density at radius 3 is 2.57 bits per heavy atom. The summed E-state index contributed by atoms with van der Waals surface area (Å²) in [6.45, 7) is 16.6. The molecule has 1 unspecified atom stereocenters. The van der Waals surface area contributed by atoms with Gasteiger partial charge in [-0.05, 0) is 32.4 Å². The number of likely N-dealkylation sites (N-methyl/N-ethyl adjacent to an activating group) is 1. The third-order valence-electron chi connectivity index (χ3n) is 6.19. The van der Waals surface area contributed by atoms with Crippen molar-refractivity contribution in [2.24, 2.45) is 5.92 Å². The number of morpholine rings is 1. The van der Waals surface area contributed by atoms with Crippen LogP contribution < -0.4 is 4.90 Å². The fourth-order valence-electron chi connectivity index (χ4n) is 4.30. The van der Waals surface area contributed by atoms with Crippen molar-refractivity contribution in [2.45, 2.75) is 40.3 Å². The molecule has 0 aromatic carbocycles. The summed E-state index contributed by atoms with van der Waals surface area (Å²) >= 11 is 1.81. The molecule has 2 saturated heterocycles. The van der Waals surface area contributed by atoms with Crippen LogP contribution in [0.15, 0.2) is 0 Å². The lowest BCUT2D eigenvalue weighted by Crippen LogP contribution is -2.54. The second-order valence-corrected chi connectivity index (χ2v) is 9.79. The zero-order chi connectivity index (χ0) is 19.8. The standard InChI is InChI=1S/C21H33N5OS/c1-14(2)17-12-24(5)6-7-26(17)20-19-15(3)16(4)28-21(19)23-18(22-20)13-25-8-10-27-11-9-25/h14,17H,6-13H2,1-5H3. The maximum atomic E-state index is 5.50. The lowest BCUT2D eigenvalue weighted by Gasteiger charge is -2.43. The molecule has 0 aliphatic carbocycles. The molecule has 7 heteroatoms. The van der Waals surface area contributed by atoms with Crippen molar-refractivity contribution in [1.29, 1.82) is 0 Å². The van der Waals surface area contributed by atoms with E-state index in [0.717, 1.165) is 69.0 Å². The number of piperazine rings is 1. The van der Waals surface area contributed by atoms with Crippen molar-refractivity contribution in [2.75, 3.05) is 57.9 Å². The normalized spacial score (nSPS) is 22.5. The van der Waals surface area contributed by atoms with Crippen LogP contribution in [0.5, 0.6) is 0 Å². The summed E-state index contributed by atoms with van der Waals surface area (Å²) in [5.74, 6) is 2.68. The number of hydrogen-bond acceptors (Lipinski definition) is 7. The minimum absolute atomic E-state index is 0.479. The molecule has 2 aromatic heterocycles. The van der Waals surface area contributed by atoms with E-state index in [0.29, 0.717) is 12.0 Å². The molecule has 2 aliphatic rings. The molecular formula is C21H33N5OS. The Labute approximate surface area is 172 Å². The van der Waals surface area contributed by atoms with Crippen LogP contribution in [-0.4, -0.2) is 78.8 Å². The number of fused-ring (bicyclic) bond motifs is 1. The average Bonchev–Trinajstić information content (AvgIpc) is 2.96. The summed E-state index contributed by atoms with van der Waals surface area (Å²) in [6, 6.07) is 0.479. The van der Waals surface area contributed by atoms with Crippen molar-refractivity contribution < 1.29 is 4.74 Å². The molecule has 4 rings (SSSR count). The maximum absolute atomic E-state index is 5.50. The summed E-state index contributed by atoms with van der Waals surface area (Å²) in [5, 5.41) is 1.27. The van der Waals surface area contributed by atoms with Crippen molar-refractivity contribution >= 4 is 27.4 Å².